The van der Waals surface area contributed by atoms with Crippen molar-refractivity contribution in [2.24, 2.45) is 5.92 Å². The van der Waals surface area contributed by atoms with Crippen LogP contribution in [0.4, 0.5) is 27.7 Å². The first-order chi connectivity index (χ1) is 45.2. The molecular formula is C76H100N9O9+. The van der Waals surface area contributed by atoms with E-state index < -0.39 is 23.8 Å². The second-order valence-corrected chi connectivity index (χ2v) is 27.0. The van der Waals surface area contributed by atoms with E-state index in [4.69, 9.17) is 33.7 Å². The van der Waals surface area contributed by atoms with E-state index in [0.29, 0.717) is 107 Å². The first kappa shape index (κ1) is 70.3. The molecule has 9 rings (SSSR count). The van der Waals surface area contributed by atoms with Crippen molar-refractivity contribution < 1.29 is 47.4 Å². The molecule has 18 heteroatoms. The number of aryl methyl sites for hydroxylation is 1. The van der Waals surface area contributed by atoms with Gasteiger partial charge in [-0.15, -0.1) is 0 Å². The Kier molecular flexibility index (Phi) is 24.6. The maximum absolute atomic E-state index is 14.0. The minimum atomic E-state index is -0.598. The maximum Gasteiger partial charge on any atom is 0.412 e. The summed E-state index contributed by atoms with van der Waals surface area (Å²) in [6, 6.07) is 33.4. The molecule has 0 bridgehead atoms. The van der Waals surface area contributed by atoms with Crippen LogP contribution < -0.4 is 31.1 Å². The first-order valence-electron chi connectivity index (χ1n) is 33.8. The Hall–Kier alpha value is -8.03. The third kappa shape index (κ3) is 18.5. The average Bonchev–Trinajstić information content (AvgIpc) is 1.61. The third-order valence-electron chi connectivity index (χ3n) is 18.3. The summed E-state index contributed by atoms with van der Waals surface area (Å²) in [5.41, 5.74) is 10.6. The van der Waals surface area contributed by atoms with Gasteiger partial charge in [-0.25, -0.2) is 14.8 Å². The molecule has 0 radical (unpaired) electrons. The first-order valence-corrected chi connectivity index (χ1v) is 33.8. The topological polar surface area (TPSA) is 198 Å². The molecule has 4 heterocycles. The number of hydrogen-bond donors (Lipinski definition) is 4. The Morgan fingerprint density at radius 2 is 1.34 bits per heavy atom. The standard InChI is InChI=1S/C76H99N9O9/c1-53(79-71(87)57-34-32-55(33-35-57)56-36-38-59(39-37-56)82-73(89)94-74(3,4)5)62-52-69(81-54(2)80-62)85-63-26-19-16-23-58(63)51-66(85)72(88)78-41-44-91-46-48-93-50-49-92-47-45-90-43-40-77-70(86)31-15-12-22-42-84-65-28-21-18-25-61(65)76(8,9)68(84)30-14-11-13-29-67-75(6,7)60-24-17-20-27-64(60)83(67)10/h11,13-14,17-18,20-21,24-25,27-30,32-39,52-53,58,63,66H,12,15-16,19,22-23,26,31,40-51H2,1-10H3,(H3-,77,78,79,82,86,87,88,89)/p+1/t53-,58-,63-,66-/m0/s1. The molecule has 1 aliphatic carbocycles. The van der Waals surface area contributed by atoms with E-state index in [1.54, 1.807) is 12.1 Å². The third-order valence-corrected chi connectivity index (χ3v) is 18.3. The monoisotopic (exact) mass is 1280 g/mol. The van der Waals surface area contributed by atoms with E-state index in [-0.39, 0.29) is 34.6 Å². The van der Waals surface area contributed by atoms with Crippen molar-refractivity contribution in [2.75, 3.05) is 94.7 Å². The fraction of sp³-hybridized carbons (Fsp3) is 0.487. The van der Waals surface area contributed by atoms with Crippen molar-refractivity contribution in [1.82, 2.24) is 25.9 Å². The molecule has 4 atom stereocenters. The quantitative estimate of drug-likeness (QED) is 0.0186. The van der Waals surface area contributed by atoms with Crippen LogP contribution in [0.15, 0.2) is 139 Å². The number of anilines is 3. The number of carbonyl (C=O) groups is 4. The minimum Gasteiger partial charge on any atom is -0.444 e. The molecule has 94 heavy (non-hydrogen) atoms. The van der Waals surface area contributed by atoms with Crippen LogP contribution in [0.25, 0.3) is 11.1 Å². The van der Waals surface area contributed by atoms with Crippen molar-refractivity contribution in [2.45, 2.75) is 155 Å². The van der Waals surface area contributed by atoms with Gasteiger partial charge in [0.15, 0.2) is 5.71 Å². The van der Waals surface area contributed by atoms with Gasteiger partial charge in [-0.3, -0.25) is 19.7 Å². The molecule has 2 fully saturated rings. The lowest BCUT2D eigenvalue weighted by Gasteiger charge is -2.35. The second-order valence-electron chi connectivity index (χ2n) is 27.0. The van der Waals surface area contributed by atoms with Gasteiger partial charge < -0.3 is 49.4 Å². The van der Waals surface area contributed by atoms with Crippen molar-refractivity contribution in [1.29, 1.82) is 0 Å². The van der Waals surface area contributed by atoms with Gasteiger partial charge in [0, 0.05) is 83.9 Å². The SMILES string of the molecule is Cc1nc([C@H](C)NC(=O)c2ccc(-c3ccc(NC(=O)OC(C)(C)C)cc3)cc2)cc(N2[C@H](C(=O)NCCOCCOCCOCCOCCNC(=O)CCCCCN3/C(=C/C=C/C=C/C4=[N+](C)c5ccccc5C4(C)C)C(C)(C)c4ccccc43)C[C@@H]3CCCC[C@@H]32)n1. The zero-order chi connectivity index (χ0) is 66.8. The van der Waals surface area contributed by atoms with Gasteiger partial charge >= 0.3 is 6.09 Å². The normalized spacial score (nSPS) is 18.7. The second kappa shape index (κ2) is 32.9. The van der Waals surface area contributed by atoms with Gasteiger partial charge in [0.05, 0.1) is 70.0 Å². The zero-order valence-electron chi connectivity index (χ0n) is 57.1. The number of hydrogen-bond acceptors (Lipinski definition) is 13. The van der Waals surface area contributed by atoms with E-state index >= 15 is 0 Å². The molecule has 4 N–H and O–H groups in total. The lowest BCUT2D eigenvalue weighted by Crippen LogP contribution is -2.48. The number of allylic oxidation sites excluding steroid dienone is 6. The van der Waals surface area contributed by atoms with Crippen LogP contribution in [-0.2, 0) is 44.1 Å². The number of nitrogens with zero attached hydrogens (tertiary/aromatic N) is 5. The van der Waals surface area contributed by atoms with Crippen molar-refractivity contribution in [3.63, 3.8) is 0 Å². The summed E-state index contributed by atoms with van der Waals surface area (Å²) < 4.78 is 30.6. The number of benzene rings is 4. The van der Waals surface area contributed by atoms with Gasteiger partial charge in [-0.1, -0.05) is 112 Å². The Bertz CT molecular complexity index is 3520. The van der Waals surface area contributed by atoms with Gasteiger partial charge in [0.2, 0.25) is 17.5 Å². The molecule has 5 aromatic rings. The van der Waals surface area contributed by atoms with Crippen LogP contribution in [0.1, 0.15) is 152 Å². The fourth-order valence-electron chi connectivity index (χ4n) is 13.5. The molecule has 4 aliphatic rings. The van der Waals surface area contributed by atoms with Crippen LogP contribution in [0.5, 0.6) is 0 Å². The molecule has 0 unspecified atom stereocenters. The summed E-state index contributed by atoms with van der Waals surface area (Å²) >= 11 is 0. The van der Waals surface area contributed by atoms with Crippen LogP contribution in [0, 0.1) is 12.8 Å². The van der Waals surface area contributed by atoms with Gasteiger partial charge in [0.25, 0.3) is 5.91 Å². The number of rotatable bonds is 31. The van der Waals surface area contributed by atoms with Gasteiger partial charge in [-0.05, 0) is 140 Å². The highest BCUT2D eigenvalue weighted by atomic mass is 16.6. The summed E-state index contributed by atoms with van der Waals surface area (Å²) in [7, 11) is 2.15. The van der Waals surface area contributed by atoms with Gasteiger partial charge in [0.1, 0.15) is 30.3 Å². The molecule has 0 spiro atoms. The molecule has 4 aromatic carbocycles. The summed E-state index contributed by atoms with van der Waals surface area (Å²) in [4.78, 5) is 66.8. The van der Waals surface area contributed by atoms with E-state index in [1.807, 2.05) is 77.1 Å². The minimum absolute atomic E-state index is 0.0419. The largest absolute Gasteiger partial charge is 0.444 e. The number of ether oxygens (including phenoxy) is 5. The Morgan fingerprint density at radius 3 is 2.02 bits per heavy atom. The predicted octanol–water partition coefficient (Wildman–Crippen LogP) is 12.8. The number of para-hydroxylation sites is 2. The number of nitrogens with one attached hydrogen (secondary N) is 4. The molecular weight excluding hydrogens is 1180 g/mol. The highest BCUT2D eigenvalue weighted by Crippen LogP contribution is 2.48. The lowest BCUT2D eigenvalue weighted by molar-refractivity contribution is -0.401. The molecule has 1 aromatic heterocycles. The highest BCUT2D eigenvalue weighted by molar-refractivity contribution is 6.03. The maximum atomic E-state index is 14.0. The van der Waals surface area contributed by atoms with Crippen LogP contribution >= 0.6 is 0 Å². The number of carbonyl (C=O) groups excluding carboxylic acids is 4. The molecule has 3 aliphatic heterocycles. The predicted molar refractivity (Wildman–Crippen MR) is 372 cm³/mol. The number of aromatic nitrogens is 2. The Balaban J connectivity index is 0.605. The smallest absolute Gasteiger partial charge is 0.412 e. The Morgan fingerprint density at radius 1 is 0.713 bits per heavy atom. The summed E-state index contributed by atoms with van der Waals surface area (Å²) in [5.74, 6) is 1.39. The molecule has 1 saturated carbocycles. The van der Waals surface area contributed by atoms with Gasteiger partial charge in [-0.2, -0.15) is 4.58 Å². The lowest BCUT2D eigenvalue weighted by atomic mass is 9.81. The fourth-order valence-corrected chi connectivity index (χ4v) is 13.5. The summed E-state index contributed by atoms with van der Waals surface area (Å²) in [6.45, 7) is 23.3. The van der Waals surface area contributed by atoms with Crippen LogP contribution in [0.3, 0.4) is 0 Å². The van der Waals surface area contributed by atoms with E-state index in [1.165, 1.54) is 33.9 Å². The van der Waals surface area contributed by atoms with E-state index in [2.05, 4.69) is 149 Å². The van der Waals surface area contributed by atoms with Crippen molar-refractivity contribution >= 4 is 52.4 Å². The molecule has 1 saturated heterocycles. The molecule has 502 valence electrons. The Labute approximate surface area is 557 Å². The molecule has 18 nitrogen and oxygen atoms in total. The summed E-state index contributed by atoms with van der Waals surface area (Å²) in [6.07, 6.45) is 18.7. The highest BCUT2D eigenvalue weighted by Gasteiger charge is 2.47. The number of unbranched alkanes of at least 4 members (excludes halogenated alkanes) is 2. The zero-order valence-corrected chi connectivity index (χ0v) is 57.1. The average molecular weight is 1280 g/mol. The summed E-state index contributed by atoms with van der Waals surface area (Å²) in [5, 5.41) is 12.0. The number of amides is 4. The van der Waals surface area contributed by atoms with Crippen molar-refractivity contribution in [3.05, 3.63) is 167 Å². The van der Waals surface area contributed by atoms with Crippen molar-refractivity contribution in [3.8, 4) is 11.1 Å². The van der Waals surface area contributed by atoms with Crippen LogP contribution in [-0.4, -0.2) is 141 Å². The van der Waals surface area contributed by atoms with E-state index in [0.717, 1.165) is 69.0 Å². The van der Waals surface area contributed by atoms with E-state index in [9.17, 15) is 19.2 Å². The van der Waals surface area contributed by atoms with Crippen LogP contribution in [0.2, 0.25) is 0 Å². The molecule has 4 amide bonds. The number of fused-ring (bicyclic) bond motifs is 3.